The van der Waals surface area contributed by atoms with Crippen LogP contribution < -0.4 is 5.73 Å². The number of nitrogens with two attached hydrogens (primary N) is 1. The minimum absolute atomic E-state index is 0.223. The van der Waals surface area contributed by atoms with E-state index in [4.69, 9.17) is 5.73 Å². The highest BCUT2D eigenvalue weighted by Crippen LogP contribution is 2.34. The molecule has 1 aromatic carbocycles. The maximum absolute atomic E-state index is 13.3. The van der Waals surface area contributed by atoms with E-state index in [9.17, 15) is 4.39 Å². The molecule has 0 saturated carbocycles. The molecule has 1 atom stereocenters. The van der Waals surface area contributed by atoms with E-state index in [2.05, 4.69) is 21.0 Å². The normalized spacial score (nSPS) is 13.0. The highest BCUT2D eigenvalue weighted by atomic mass is 79.9. The van der Waals surface area contributed by atoms with Gasteiger partial charge in [0.2, 0.25) is 0 Å². The first-order chi connectivity index (χ1) is 9.60. The fourth-order valence-electron chi connectivity index (χ4n) is 2.25. The Kier molecular flexibility index (Phi) is 3.62. The van der Waals surface area contributed by atoms with Crippen molar-refractivity contribution in [3.8, 4) is 0 Å². The van der Waals surface area contributed by atoms with Crippen LogP contribution in [0.3, 0.4) is 0 Å². The topological polar surface area (TPSA) is 43.8 Å². The summed E-state index contributed by atoms with van der Waals surface area (Å²) in [5.74, 6) is -0.223. The van der Waals surface area contributed by atoms with E-state index in [0.717, 1.165) is 31.7 Å². The van der Waals surface area contributed by atoms with Gasteiger partial charge in [-0.25, -0.2) is 4.39 Å². The predicted octanol–water partition coefficient (Wildman–Crippen LogP) is 4.07. The van der Waals surface area contributed by atoms with Gasteiger partial charge in [-0.1, -0.05) is 6.07 Å². The molecule has 0 fully saturated rings. The quantitative estimate of drug-likeness (QED) is 0.771. The molecule has 0 bridgehead atoms. The summed E-state index contributed by atoms with van der Waals surface area (Å²) in [5.41, 5.74) is 7.31. The molecule has 2 aromatic heterocycles. The number of aromatic nitrogens is 2. The minimum Gasteiger partial charge on any atom is -0.318 e. The SMILES string of the molecule is CCn1ncc(Br)c1C(N)c1cc2ccc(F)cc2s1. The Morgan fingerprint density at radius 2 is 2.25 bits per heavy atom. The van der Waals surface area contributed by atoms with Gasteiger partial charge in [0.1, 0.15) is 5.82 Å². The number of aryl methyl sites for hydroxylation is 1. The monoisotopic (exact) mass is 353 g/mol. The van der Waals surface area contributed by atoms with Gasteiger partial charge in [-0.2, -0.15) is 5.10 Å². The molecule has 1 unspecified atom stereocenters. The van der Waals surface area contributed by atoms with Crippen LogP contribution in [-0.2, 0) is 6.54 Å². The van der Waals surface area contributed by atoms with E-state index in [1.807, 2.05) is 17.7 Å². The van der Waals surface area contributed by atoms with Crippen molar-refractivity contribution in [3.05, 3.63) is 51.3 Å². The van der Waals surface area contributed by atoms with E-state index in [-0.39, 0.29) is 11.9 Å². The largest absolute Gasteiger partial charge is 0.318 e. The number of thiophene rings is 1. The smallest absolute Gasteiger partial charge is 0.124 e. The molecular formula is C14H13BrFN3S. The Balaban J connectivity index is 2.07. The van der Waals surface area contributed by atoms with Crippen LogP contribution in [0.15, 0.2) is 34.9 Å². The van der Waals surface area contributed by atoms with Crippen LogP contribution in [-0.4, -0.2) is 9.78 Å². The van der Waals surface area contributed by atoms with Crippen molar-refractivity contribution in [2.24, 2.45) is 5.73 Å². The van der Waals surface area contributed by atoms with Gasteiger partial charge in [0, 0.05) is 16.1 Å². The summed E-state index contributed by atoms with van der Waals surface area (Å²) >= 11 is 5.01. The molecule has 2 N–H and O–H groups in total. The van der Waals surface area contributed by atoms with Gasteiger partial charge in [-0.15, -0.1) is 11.3 Å². The third-order valence-electron chi connectivity index (χ3n) is 3.24. The van der Waals surface area contributed by atoms with E-state index in [1.54, 1.807) is 18.3 Å². The average molecular weight is 354 g/mol. The second kappa shape index (κ2) is 5.27. The fourth-order valence-corrected chi connectivity index (χ4v) is 3.88. The maximum Gasteiger partial charge on any atom is 0.124 e. The van der Waals surface area contributed by atoms with Crippen LogP contribution in [0.2, 0.25) is 0 Å². The van der Waals surface area contributed by atoms with Crippen molar-refractivity contribution in [1.82, 2.24) is 9.78 Å². The Labute approximate surface area is 128 Å². The molecule has 0 aliphatic rings. The molecule has 0 saturated heterocycles. The number of nitrogens with zero attached hydrogens (tertiary/aromatic N) is 2. The zero-order chi connectivity index (χ0) is 14.3. The first-order valence-corrected chi connectivity index (χ1v) is 7.87. The molecular weight excluding hydrogens is 341 g/mol. The lowest BCUT2D eigenvalue weighted by atomic mass is 10.1. The van der Waals surface area contributed by atoms with Gasteiger partial charge in [-0.3, -0.25) is 4.68 Å². The van der Waals surface area contributed by atoms with E-state index in [1.165, 1.54) is 17.4 Å². The Morgan fingerprint density at radius 3 is 3.00 bits per heavy atom. The molecule has 20 heavy (non-hydrogen) atoms. The van der Waals surface area contributed by atoms with Gasteiger partial charge in [-0.05, 0) is 46.4 Å². The number of rotatable bonds is 3. The van der Waals surface area contributed by atoms with Crippen LogP contribution in [0.4, 0.5) is 4.39 Å². The van der Waals surface area contributed by atoms with Crippen LogP contribution in [0.1, 0.15) is 23.5 Å². The highest BCUT2D eigenvalue weighted by Gasteiger charge is 2.19. The zero-order valence-corrected chi connectivity index (χ0v) is 13.2. The maximum atomic E-state index is 13.3. The molecule has 3 aromatic rings. The molecule has 3 rings (SSSR count). The van der Waals surface area contributed by atoms with Gasteiger partial charge in [0.05, 0.1) is 22.4 Å². The molecule has 104 valence electrons. The van der Waals surface area contributed by atoms with Crippen LogP contribution in [0.5, 0.6) is 0 Å². The lowest BCUT2D eigenvalue weighted by Gasteiger charge is -2.12. The molecule has 0 aliphatic carbocycles. The van der Waals surface area contributed by atoms with Crippen LogP contribution in [0.25, 0.3) is 10.1 Å². The summed E-state index contributed by atoms with van der Waals surface area (Å²) in [6, 6.07) is 6.54. The molecule has 0 aliphatic heterocycles. The van der Waals surface area contributed by atoms with E-state index >= 15 is 0 Å². The molecule has 0 spiro atoms. The van der Waals surface area contributed by atoms with Crippen LogP contribution in [0, 0.1) is 5.82 Å². The average Bonchev–Trinajstić information content (AvgIpc) is 3.00. The van der Waals surface area contributed by atoms with Crippen LogP contribution >= 0.6 is 27.3 Å². The lowest BCUT2D eigenvalue weighted by molar-refractivity contribution is 0.602. The Bertz CT molecular complexity index is 765. The van der Waals surface area contributed by atoms with Gasteiger partial charge >= 0.3 is 0 Å². The van der Waals surface area contributed by atoms with E-state index in [0.29, 0.717) is 0 Å². The lowest BCUT2D eigenvalue weighted by Crippen LogP contribution is -2.16. The molecule has 2 heterocycles. The van der Waals surface area contributed by atoms with Crippen molar-refractivity contribution < 1.29 is 4.39 Å². The van der Waals surface area contributed by atoms with Crippen molar-refractivity contribution in [3.63, 3.8) is 0 Å². The summed E-state index contributed by atoms with van der Waals surface area (Å²) in [6.45, 7) is 2.78. The van der Waals surface area contributed by atoms with Gasteiger partial charge in [0.15, 0.2) is 0 Å². The standard InChI is InChI=1S/C14H13BrFN3S/c1-2-19-14(10(15)7-18-19)13(17)12-5-8-3-4-9(16)6-11(8)20-12/h3-7,13H,2,17H2,1H3. The number of hydrogen-bond donors (Lipinski definition) is 1. The third-order valence-corrected chi connectivity index (χ3v) is 5.03. The second-order valence-electron chi connectivity index (χ2n) is 4.50. The Morgan fingerprint density at radius 1 is 1.45 bits per heavy atom. The number of halogens is 2. The predicted molar refractivity (Wildman–Crippen MR) is 83.4 cm³/mol. The van der Waals surface area contributed by atoms with Crippen molar-refractivity contribution in [2.45, 2.75) is 19.5 Å². The van der Waals surface area contributed by atoms with E-state index < -0.39 is 0 Å². The van der Waals surface area contributed by atoms with Gasteiger partial charge < -0.3 is 5.73 Å². The fraction of sp³-hybridized carbons (Fsp3) is 0.214. The molecule has 0 amide bonds. The third kappa shape index (κ3) is 2.28. The second-order valence-corrected chi connectivity index (χ2v) is 6.47. The summed E-state index contributed by atoms with van der Waals surface area (Å²) < 4.78 is 16.9. The number of hydrogen-bond acceptors (Lipinski definition) is 3. The number of benzene rings is 1. The summed E-state index contributed by atoms with van der Waals surface area (Å²) in [6.07, 6.45) is 1.76. The Hall–Kier alpha value is -1.24. The van der Waals surface area contributed by atoms with Gasteiger partial charge in [0.25, 0.3) is 0 Å². The minimum atomic E-state index is -0.271. The van der Waals surface area contributed by atoms with Crippen molar-refractivity contribution in [2.75, 3.05) is 0 Å². The molecule has 6 heteroatoms. The highest BCUT2D eigenvalue weighted by molar-refractivity contribution is 9.10. The summed E-state index contributed by atoms with van der Waals surface area (Å²) in [7, 11) is 0. The first-order valence-electron chi connectivity index (χ1n) is 6.26. The molecule has 0 radical (unpaired) electrons. The van der Waals surface area contributed by atoms with Crippen molar-refractivity contribution >= 4 is 37.4 Å². The first kappa shape index (κ1) is 13.7. The summed E-state index contributed by atoms with van der Waals surface area (Å²) in [5, 5.41) is 5.30. The zero-order valence-electron chi connectivity index (χ0n) is 10.8. The molecule has 3 nitrogen and oxygen atoms in total. The van der Waals surface area contributed by atoms with Crippen molar-refractivity contribution in [1.29, 1.82) is 0 Å². The number of fused-ring (bicyclic) bond motifs is 1. The summed E-state index contributed by atoms with van der Waals surface area (Å²) in [4.78, 5) is 1.00.